The van der Waals surface area contributed by atoms with E-state index in [0.717, 1.165) is 5.56 Å². The maximum atomic E-state index is 11.6. The number of amides is 1. The number of halogens is 1. The Hall–Kier alpha value is -1.06. The molecule has 2 atom stereocenters. The molecule has 0 aliphatic rings. The molecule has 1 amide bonds. The van der Waals surface area contributed by atoms with Gasteiger partial charge in [-0.25, -0.2) is 0 Å². The summed E-state index contributed by atoms with van der Waals surface area (Å²) in [4.78, 5) is 11.6. The summed E-state index contributed by atoms with van der Waals surface area (Å²) in [5, 5.41) is 3.55. The Bertz CT molecular complexity index is 351. The van der Waals surface area contributed by atoms with Crippen LogP contribution in [-0.2, 0) is 4.79 Å². The molecule has 1 aromatic carbocycles. The molecule has 1 aromatic rings. The molecule has 4 heteroatoms. The van der Waals surface area contributed by atoms with E-state index in [1.54, 1.807) is 12.1 Å². The number of hydrogen-bond donors (Lipinski definition) is 2. The van der Waals surface area contributed by atoms with Gasteiger partial charge in [0.25, 0.3) is 0 Å². The number of carbonyl (C=O) groups is 1. The van der Waals surface area contributed by atoms with E-state index < -0.39 is 6.04 Å². The largest absolute Gasteiger partial charge is 0.348 e. The average Bonchev–Trinajstić information content (AvgIpc) is 2.28. The highest BCUT2D eigenvalue weighted by Gasteiger charge is 2.14. The van der Waals surface area contributed by atoms with Crippen LogP contribution in [0.3, 0.4) is 0 Å². The quantitative estimate of drug-likeness (QED) is 0.848. The van der Waals surface area contributed by atoms with E-state index in [2.05, 4.69) is 5.32 Å². The zero-order valence-corrected chi connectivity index (χ0v) is 10.3. The zero-order valence-electron chi connectivity index (χ0n) is 9.53. The van der Waals surface area contributed by atoms with Crippen LogP contribution >= 0.6 is 11.6 Å². The molecule has 0 saturated heterocycles. The molecule has 0 aliphatic carbocycles. The van der Waals surface area contributed by atoms with E-state index in [-0.39, 0.29) is 11.9 Å². The fourth-order valence-corrected chi connectivity index (χ4v) is 1.47. The van der Waals surface area contributed by atoms with Gasteiger partial charge in [-0.05, 0) is 31.0 Å². The van der Waals surface area contributed by atoms with Gasteiger partial charge in [0.15, 0.2) is 0 Å². The fraction of sp³-hybridized carbons (Fsp3) is 0.417. The number of benzene rings is 1. The van der Waals surface area contributed by atoms with Crippen LogP contribution < -0.4 is 11.1 Å². The highest BCUT2D eigenvalue weighted by Crippen LogP contribution is 2.15. The summed E-state index contributed by atoms with van der Waals surface area (Å²) in [5.74, 6) is -0.120. The molecule has 0 fully saturated rings. The Morgan fingerprint density at radius 2 is 2.00 bits per heavy atom. The lowest BCUT2D eigenvalue weighted by atomic mass is 10.1. The van der Waals surface area contributed by atoms with Crippen molar-refractivity contribution in [2.45, 2.75) is 32.4 Å². The molecule has 0 spiro atoms. The second kappa shape index (κ2) is 5.87. The van der Waals surface area contributed by atoms with Gasteiger partial charge in [-0.2, -0.15) is 0 Å². The first kappa shape index (κ1) is 13.0. The van der Waals surface area contributed by atoms with Crippen molar-refractivity contribution in [1.82, 2.24) is 5.32 Å². The fourth-order valence-electron chi connectivity index (χ4n) is 1.34. The number of nitrogens with one attached hydrogen (secondary N) is 1. The van der Waals surface area contributed by atoms with Crippen molar-refractivity contribution in [1.29, 1.82) is 0 Å². The molecule has 0 radical (unpaired) electrons. The highest BCUT2D eigenvalue weighted by molar-refractivity contribution is 6.30. The predicted octanol–water partition coefficient (Wildman–Crippen LogP) is 2.25. The first-order valence-electron chi connectivity index (χ1n) is 5.36. The normalized spacial score (nSPS) is 14.2. The minimum atomic E-state index is -0.435. The van der Waals surface area contributed by atoms with Gasteiger partial charge in [-0.1, -0.05) is 30.7 Å². The van der Waals surface area contributed by atoms with Gasteiger partial charge in [-0.3, -0.25) is 4.79 Å². The maximum absolute atomic E-state index is 11.6. The molecule has 0 aromatic heterocycles. The van der Waals surface area contributed by atoms with E-state index in [1.165, 1.54) is 0 Å². The molecule has 0 heterocycles. The lowest BCUT2D eigenvalue weighted by Gasteiger charge is -2.17. The Morgan fingerprint density at radius 1 is 1.44 bits per heavy atom. The minimum Gasteiger partial charge on any atom is -0.348 e. The predicted molar refractivity (Wildman–Crippen MR) is 66.3 cm³/mol. The van der Waals surface area contributed by atoms with Crippen LogP contribution in [0.5, 0.6) is 0 Å². The lowest BCUT2D eigenvalue weighted by Crippen LogP contribution is -2.41. The summed E-state index contributed by atoms with van der Waals surface area (Å²) in [6.07, 6.45) is 0.638. The summed E-state index contributed by atoms with van der Waals surface area (Å²) < 4.78 is 0. The lowest BCUT2D eigenvalue weighted by molar-refractivity contribution is -0.123. The molecule has 0 bridgehead atoms. The number of hydrogen-bond acceptors (Lipinski definition) is 2. The van der Waals surface area contributed by atoms with E-state index in [4.69, 9.17) is 17.3 Å². The van der Waals surface area contributed by atoms with Gasteiger partial charge in [0.2, 0.25) is 5.91 Å². The first-order valence-corrected chi connectivity index (χ1v) is 5.73. The average molecular weight is 241 g/mol. The summed E-state index contributed by atoms with van der Waals surface area (Å²) in [6, 6.07) is 6.91. The molecule has 0 saturated carbocycles. The third-order valence-corrected chi connectivity index (χ3v) is 2.76. The first-order chi connectivity index (χ1) is 7.54. The Morgan fingerprint density at radius 3 is 2.50 bits per heavy atom. The second-order valence-electron chi connectivity index (χ2n) is 3.80. The topological polar surface area (TPSA) is 55.1 Å². The third-order valence-electron chi connectivity index (χ3n) is 2.51. The summed E-state index contributed by atoms with van der Waals surface area (Å²) in [6.45, 7) is 3.81. The van der Waals surface area contributed by atoms with Crippen LogP contribution in [0.15, 0.2) is 24.3 Å². The van der Waals surface area contributed by atoms with E-state index in [9.17, 15) is 4.79 Å². The van der Waals surface area contributed by atoms with Gasteiger partial charge in [0, 0.05) is 5.02 Å². The Balaban J connectivity index is 2.62. The van der Waals surface area contributed by atoms with Gasteiger partial charge in [0.05, 0.1) is 12.1 Å². The van der Waals surface area contributed by atoms with E-state index in [0.29, 0.717) is 11.4 Å². The molecular weight excluding hydrogens is 224 g/mol. The molecule has 1 unspecified atom stereocenters. The Kier molecular flexibility index (Phi) is 4.77. The van der Waals surface area contributed by atoms with Crippen molar-refractivity contribution in [2.24, 2.45) is 5.73 Å². The molecule has 1 rings (SSSR count). The van der Waals surface area contributed by atoms with Crippen molar-refractivity contribution >= 4 is 17.5 Å². The van der Waals surface area contributed by atoms with Crippen molar-refractivity contribution in [3.8, 4) is 0 Å². The maximum Gasteiger partial charge on any atom is 0.237 e. The molecular formula is C12H17ClN2O. The number of carbonyl (C=O) groups excluding carboxylic acids is 1. The van der Waals surface area contributed by atoms with Crippen molar-refractivity contribution < 1.29 is 4.79 Å². The second-order valence-corrected chi connectivity index (χ2v) is 4.23. The summed E-state index contributed by atoms with van der Waals surface area (Å²) in [7, 11) is 0. The van der Waals surface area contributed by atoms with Crippen LogP contribution in [-0.4, -0.2) is 11.9 Å². The standard InChI is InChI=1S/C12H17ClN2O/c1-3-11(14)12(16)15-8(2)9-4-6-10(13)7-5-9/h4-8,11H,3,14H2,1-2H3,(H,15,16)/t8?,11-/m1/s1. The number of nitrogens with two attached hydrogens (primary N) is 1. The van der Waals surface area contributed by atoms with Gasteiger partial charge in [-0.15, -0.1) is 0 Å². The van der Waals surface area contributed by atoms with Crippen LogP contribution in [0.25, 0.3) is 0 Å². The summed E-state index contributed by atoms with van der Waals surface area (Å²) in [5.41, 5.74) is 6.65. The zero-order chi connectivity index (χ0) is 12.1. The molecule has 3 nitrogen and oxygen atoms in total. The Labute approximate surface area is 101 Å². The molecule has 0 aliphatic heterocycles. The van der Waals surface area contributed by atoms with E-state index >= 15 is 0 Å². The van der Waals surface area contributed by atoms with Crippen LogP contribution in [0.2, 0.25) is 5.02 Å². The molecule has 16 heavy (non-hydrogen) atoms. The van der Waals surface area contributed by atoms with E-state index in [1.807, 2.05) is 26.0 Å². The van der Waals surface area contributed by atoms with Gasteiger partial charge in [0.1, 0.15) is 0 Å². The van der Waals surface area contributed by atoms with Gasteiger partial charge < -0.3 is 11.1 Å². The molecule has 88 valence electrons. The van der Waals surface area contributed by atoms with Crippen LogP contribution in [0.1, 0.15) is 31.9 Å². The van der Waals surface area contributed by atoms with Crippen LogP contribution in [0.4, 0.5) is 0 Å². The monoisotopic (exact) mass is 240 g/mol. The van der Waals surface area contributed by atoms with Crippen LogP contribution in [0, 0.1) is 0 Å². The molecule has 3 N–H and O–H groups in total. The van der Waals surface area contributed by atoms with Crippen molar-refractivity contribution in [3.63, 3.8) is 0 Å². The smallest absolute Gasteiger partial charge is 0.237 e. The van der Waals surface area contributed by atoms with Crippen molar-refractivity contribution in [2.75, 3.05) is 0 Å². The third kappa shape index (κ3) is 3.51. The highest BCUT2D eigenvalue weighted by atomic mass is 35.5. The SMILES string of the molecule is CC[C@@H](N)C(=O)NC(C)c1ccc(Cl)cc1. The number of rotatable bonds is 4. The van der Waals surface area contributed by atoms with Crippen molar-refractivity contribution in [3.05, 3.63) is 34.9 Å². The van der Waals surface area contributed by atoms with Gasteiger partial charge >= 0.3 is 0 Å². The minimum absolute atomic E-state index is 0.0534. The summed E-state index contributed by atoms with van der Waals surface area (Å²) >= 11 is 5.79.